The number of sulfonamides is 1. The summed E-state index contributed by atoms with van der Waals surface area (Å²) in [6.07, 6.45) is 0.912. The maximum absolute atomic E-state index is 13.0. The Morgan fingerprint density at radius 1 is 1.09 bits per heavy atom. The van der Waals surface area contributed by atoms with E-state index in [0.717, 1.165) is 0 Å². The molecule has 0 bridgehead atoms. The Balaban J connectivity index is 1.62. The number of rotatable bonds is 6. The van der Waals surface area contributed by atoms with Crippen molar-refractivity contribution in [1.29, 1.82) is 0 Å². The van der Waals surface area contributed by atoms with Crippen molar-refractivity contribution in [2.75, 3.05) is 25.5 Å². The number of hydrogen-bond donors (Lipinski definition) is 3. The molecule has 178 valence electrons. The fourth-order valence-corrected chi connectivity index (χ4v) is 5.42. The van der Waals surface area contributed by atoms with Crippen molar-refractivity contribution in [3.05, 3.63) is 46.8 Å². The Hall–Kier alpha value is -3.18. The van der Waals surface area contributed by atoms with E-state index in [0.29, 0.717) is 41.0 Å². The van der Waals surface area contributed by atoms with Crippen LogP contribution in [-0.2, 0) is 19.6 Å². The fourth-order valence-electron chi connectivity index (χ4n) is 3.95. The standard InChI is InChI=1S/C22H28N4O6S/c1-13-19(22(29)32-4)14(2)23-20(13)21(28)25-17-9-11-26(12-10-17)33(30,31)18-7-5-16(6-8-18)24-15(3)27/h5-8,17,23H,9-12H2,1-4H3,(H,24,27)(H,25,28). The smallest absolute Gasteiger partial charge is 0.339 e. The third-order valence-corrected chi connectivity index (χ3v) is 7.57. The van der Waals surface area contributed by atoms with Gasteiger partial charge in [0.1, 0.15) is 5.69 Å². The van der Waals surface area contributed by atoms with Crippen LogP contribution in [0.15, 0.2) is 29.2 Å². The number of carbonyl (C=O) groups excluding carboxylic acids is 3. The van der Waals surface area contributed by atoms with E-state index >= 15 is 0 Å². The number of benzene rings is 1. The Morgan fingerprint density at radius 2 is 1.70 bits per heavy atom. The van der Waals surface area contributed by atoms with Gasteiger partial charge < -0.3 is 20.4 Å². The van der Waals surface area contributed by atoms with Crippen LogP contribution in [0, 0.1) is 13.8 Å². The number of ether oxygens (including phenoxy) is 1. The zero-order valence-corrected chi connectivity index (χ0v) is 19.8. The lowest BCUT2D eigenvalue weighted by Crippen LogP contribution is -2.46. The van der Waals surface area contributed by atoms with Crippen molar-refractivity contribution in [3.8, 4) is 0 Å². The van der Waals surface area contributed by atoms with E-state index in [1.54, 1.807) is 26.0 Å². The molecule has 0 spiro atoms. The average Bonchev–Trinajstić information content (AvgIpc) is 3.07. The van der Waals surface area contributed by atoms with Crippen LogP contribution in [-0.4, -0.2) is 61.7 Å². The minimum Gasteiger partial charge on any atom is -0.465 e. The van der Waals surface area contributed by atoms with Gasteiger partial charge in [-0.25, -0.2) is 13.2 Å². The van der Waals surface area contributed by atoms with Crippen LogP contribution in [0.4, 0.5) is 5.69 Å². The number of methoxy groups -OCH3 is 1. The molecule has 0 saturated carbocycles. The predicted molar refractivity (Wildman–Crippen MR) is 122 cm³/mol. The lowest BCUT2D eigenvalue weighted by Gasteiger charge is -2.31. The summed E-state index contributed by atoms with van der Waals surface area (Å²) in [4.78, 5) is 38.9. The molecular formula is C22H28N4O6S. The van der Waals surface area contributed by atoms with E-state index in [-0.39, 0.29) is 35.8 Å². The summed E-state index contributed by atoms with van der Waals surface area (Å²) in [6, 6.07) is 5.82. The molecule has 2 amide bonds. The molecule has 1 aromatic carbocycles. The first-order valence-electron chi connectivity index (χ1n) is 10.5. The van der Waals surface area contributed by atoms with Crippen LogP contribution in [0.1, 0.15) is 51.9 Å². The SMILES string of the molecule is COC(=O)c1c(C)[nH]c(C(=O)NC2CCN(S(=O)(=O)c3ccc(NC(C)=O)cc3)CC2)c1C. The van der Waals surface area contributed by atoms with Crippen LogP contribution in [0.3, 0.4) is 0 Å². The molecular weight excluding hydrogens is 448 g/mol. The van der Waals surface area contributed by atoms with Crippen LogP contribution in [0.25, 0.3) is 0 Å². The van der Waals surface area contributed by atoms with E-state index < -0.39 is 16.0 Å². The summed E-state index contributed by atoms with van der Waals surface area (Å²) < 4.78 is 32.1. The first kappa shape index (κ1) is 24.5. The minimum absolute atomic E-state index is 0.145. The second kappa shape index (κ2) is 9.75. The first-order chi connectivity index (χ1) is 15.5. The normalized spacial score (nSPS) is 15.2. The molecule has 0 aliphatic carbocycles. The number of esters is 1. The second-order valence-electron chi connectivity index (χ2n) is 7.97. The van der Waals surface area contributed by atoms with Gasteiger partial charge in [-0.15, -0.1) is 0 Å². The van der Waals surface area contributed by atoms with Crippen LogP contribution < -0.4 is 10.6 Å². The van der Waals surface area contributed by atoms with Gasteiger partial charge in [-0.3, -0.25) is 9.59 Å². The molecule has 0 unspecified atom stereocenters. The highest BCUT2D eigenvalue weighted by atomic mass is 32.2. The van der Waals surface area contributed by atoms with E-state index in [1.165, 1.54) is 30.5 Å². The molecule has 3 rings (SSSR count). The number of anilines is 1. The van der Waals surface area contributed by atoms with E-state index in [2.05, 4.69) is 15.6 Å². The van der Waals surface area contributed by atoms with Crippen LogP contribution in [0.5, 0.6) is 0 Å². The van der Waals surface area contributed by atoms with Crippen molar-refractivity contribution in [2.45, 2.75) is 44.6 Å². The Bertz CT molecular complexity index is 1160. The highest BCUT2D eigenvalue weighted by Crippen LogP contribution is 2.23. The maximum atomic E-state index is 13.0. The molecule has 0 atom stereocenters. The Morgan fingerprint density at radius 3 is 2.24 bits per heavy atom. The number of nitrogens with one attached hydrogen (secondary N) is 3. The Kier molecular flexibility index (Phi) is 7.23. The quantitative estimate of drug-likeness (QED) is 0.545. The summed E-state index contributed by atoms with van der Waals surface area (Å²) in [5, 5.41) is 5.53. The minimum atomic E-state index is -3.68. The fraction of sp³-hybridized carbons (Fsp3) is 0.409. The van der Waals surface area contributed by atoms with Gasteiger partial charge in [-0.1, -0.05) is 0 Å². The molecule has 10 nitrogen and oxygen atoms in total. The number of aromatic nitrogens is 1. The van der Waals surface area contributed by atoms with Gasteiger partial charge in [-0.05, 0) is 56.5 Å². The zero-order valence-electron chi connectivity index (χ0n) is 19.0. The first-order valence-corrected chi connectivity index (χ1v) is 11.9. The number of piperidine rings is 1. The van der Waals surface area contributed by atoms with E-state index in [1.807, 2.05) is 0 Å². The number of aryl methyl sites for hydroxylation is 1. The molecule has 1 fully saturated rings. The molecule has 1 aromatic heterocycles. The topological polar surface area (TPSA) is 138 Å². The average molecular weight is 477 g/mol. The number of amides is 2. The van der Waals surface area contributed by atoms with Crippen LogP contribution in [0.2, 0.25) is 0 Å². The highest BCUT2D eigenvalue weighted by Gasteiger charge is 2.31. The van der Waals surface area contributed by atoms with E-state index in [9.17, 15) is 22.8 Å². The highest BCUT2D eigenvalue weighted by molar-refractivity contribution is 7.89. The molecule has 2 aromatic rings. The van der Waals surface area contributed by atoms with Crippen LogP contribution >= 0.6 is 0 Å². The lowest BCUT2D eigenvalue weighted by molar-refractivity contribution is -0.114. The number of hydrogen-bond acceptors (Lipinski definition) is 6. The number of H-pyrrole nitrogens is 1. The maximum Gasteiger partial charge on any atom is 0.339 e. The molecule has 3 N–H and O–H groups in total. The van der Waals surface area contributed by atoms with Crippen molar-refractivity contribution < 1.29 is 27.5 Å². The molecule has 2 heterocycles. The predicted octanol–water partition coefficient (Wildman–Crippen LogP) is 1.96. The summed E-state index contributed by atoms with van der Waals surface area (Å²) >= 11 is 0. The molecule has 1 aliphatic heterocycles. The summed E-state index contributed by atoms with van der Waals surface area (Å²) in [5.74, 6) is -1.09. The number of carbonyl (C=O) groups is 3. The van der Waals surface area contributed by atoms with Gasteiger partial charge >= 0.3 is 5.97 Å². The van der Waals surface area contributed by atoms with Crippen molar-refractivity contribution in [2.24, 2.45) is 0 Å². The molecule has 0 radical (unpaired) electrons. The third kappa shape index (κ3) is 5.25. The largest absolute Gasteiger partial charge is 0.465 e. The van der Waals surface area contributed by atoms with E-state index in [4.69, 9.17) is 4.74 Å². The molecule has 1 saturated heterocycles. The number of aromatic amines is 1. The zero-order chi connectivity index (χ0) is 24.3. The van der Waals surface area contributed by atoms with Gasteiger partial charge in [0.2, 0.25) is 15.9 Å². The second-order valence-corrected chi connectivity index (χ2v) is 9.91. The van der Waals surface area contributed by atoms with Crippen molar-refractivity contribution in [1.82, 2.24) is 14.6 Å². The summed E-state index contributed by atoms with van der Waals surface area (Å²) in [6.45, 7) is 5.27. The van der Waals surface area contributed by atoms with Gasteiger partial charge in [0.05, 0.1) is 17.6 Å². The summed E-state index contributed by atoms with van der Waals surface area (Å²) in [7, 11) is -2.40. The lowest BCUT2D eigenvalue weighted by atomic mass is 10.1. The monoisotopic (exact) mass is 476 g/mol. The van der Waals surface area contributed by atoms with Gasteiger partial charge in [0.15, 0.2) is 0 Å². The molecule has 1 aliphatic rings. The Labute approximate surface area is 192 Å². The summed E-state index contributed by atoms with van der Waals surface area (Å²) in [5.41, 5.74) is 2.22. The van der Waals surface area contributed by atoms with Crippen molar-refractivity contribution >= 4 is 33.5 Å². The van der Waals surface area contributed by atoms with Gasteiger partial charge in [-0.2, -0.15) is 4.31 Å². The van der Waals surface area contributed by atoms with Crippen molar-refractivity contribution in [3.63, 3.8) is 0 Å². The third-order valence-electron chi connectivity index (χ3n) is 5.66. The van der Waals surface area contributed by atoms with Gasteiger partial charge in [0.25, 0.3) is 5.91 Å². The van der Waals surface area contributed by atoms with Gasteiger partial charge in [0, 0.05) is 37.4 Å². The number of nitrogens with zero attached hydrogens (tertiary/aromatic N) is 1. The molecule has 33 heavy (non-hydrogen) atoms. The molecule has 11 heteroatoms.